The van der Waals surface area contributed by atoms with Crippen LogP contribution in [-0.2, 0) is 11.3 Å². The number of likely N-dealkylation sites (tertiary alicyclic amines) is 1. The van der Waals surface area contributed by atoms with Gasteiger partial charge >= 0.3 is 0 Å². The van der Waals surface area contributed by atoms with Gasteiger partial charge in [-0.05, 0) is 68.1 Å². The van der Waals surface area contributed by atoms with Crippen LogP contribution in [0.5, 0.6) is 0 Å². The van der Waals surface area contributed by atoms with Crippen molar-refractivity contribution in [2.45, 2.75) is 52.6 Å². The standard InChI is InChI=1S/C21H33Cl2N3O/c1-21(2,3)19(24-4)14-26-7-5-15(6-8-26)11-20(27)25-13-16-9-17(22)12-18(23)10-16/h9-10,12,15,19,24H,5-8,11,13-14H2,1-4H3,(H,25,27). The van der Waals surface area contributed by atoms with E-state index in [0.717, 1.165) is 38.0 Å². The van der Waals surface area contributed by atoms with Crippen LogP contribution in [0, 0.1) is 11.3 Å². The summed E-state index contributed by atoms with van der Waals surface area (Å²) < 4.78 is 0. The molecular weight excluding hydrogens is 381 g/mol. The first-order chi connectivity index (χ1) is 12.7. The van der Waals surface area contributed by atoms with Crippen molar-refractivity contribution in [1.82, 2.24) is 15.5 Å². The van der Waals surface area contributed by atoms with Crippen LogP contribution in [-0.4, -0.2) is 43.5 Å². The van der Waals surface area contributed by atoms with Crippen molar-refractivity contribution in [3.05, 3.63) is 33.8 Å². The summed E-state index contributed by atoms with van der Waals surface area (Å²) in [7, 11) is 2.04. The highest BCUT2D eigenvalue weighted by atomic mass is 35.5. The zero-order chi connectivity index (χ0) is 20.0. The molecule has 0 spiro atoms. The fourth-order valence-electron chi connectivity index (χ4n) is 3.68. The Hall–Kier alpha value is -0.810. The highest BCUT2D eigenvalue weighted by Crippen LogP contribution is 2.24. The summed E-state index contributed by atoms with van der Waals surface area (Å²) in [4.78, 5) is 14.8. The number of carbonyl (C=O) groups is 1. The molecule has 6 heteroatoms. The summed E-state index contributed by atoms with van der Waals surface area (Å²) >= 11 is 12.0. The van der Waals surface area contributed by atoms with Crippen LogP contribution in [0.4, 0.5) is 0 Å². The predicted molar refractivity (Wildman–Crippen MR) is 114 cm³/mol. The van der Waals surface area contributed by atoms with Crippen molar-refractivity contribution in [1.29, 1.82) is 0 Å². The lowest BCUT2D eigenvalue weighted by molar-refractivity contribution is -0.122. The summed E-state index contributed by atoms with van der Waals surface area (Å²) in [6, 6.07) is 5.83. The maximum atomic E-state index is 12.3. The van der Waals surface area contributed by atoms with E-state index in [9.17, 15) is 4.79 Å². The minimum Gasteiger partial charge on any atom is -0.352 e. The number of hydrogen-bond donors (Lipinski definition) is 2. The van der Waals surface area contributed by atoms with Crippen LogP contribution in [0.2, 0.25) is 10.0 Å². The maximum Gasteiger partial charge on any atom is 0.220 e. The van der Waals surface area contributed by atoms with Gasteiger partial charge in [0.1, 0.15) is 0 Å². The van der Waals surface area contributed by atoms with E-state index in [0.29, 0.717) is 35.0 Å². The Kier molecular flexibility index (Phi) is 8.41. The Morgan fingerprint density at radius 3 is 2.30 bits per heavy atom. The maximum absolute atomic E-state index is 12.3. The summed E-state index contributed by atoms with van der Waals surface area (Å²) in [5.74, 6) is 0.569. The molecule has 0 aromatic heterocycles. The third kappa shape index (κ3) is 7.61. The van der Waals surface area contributed by atoms with E-state index in [2.05, 4.69) is 36.3 Å². The summed E-state index contributed by atoms with van der Waals surface area (Å²) in [6.45, 7) is 10.5. The van der Waals surface area contributed by atoms with Crippen LogP contribution >= 0.6 is 23.2 Å². The molecule has 0 saturated carbocycles. The van der Waals surface area contributed by atoms with Gasteiger partial charge < -0.3 is 15.5 Å². The summed E-state index contributed by atoms with van der Waals surface area (Å²) in [6.07, 6.45) is 2.75. The average Bonchev–Trinajstić information content (AvgIpc) is 2.57. The molecule has 0 aliphatic carbocycles. The molecule has 27 heavy (non-hydrogen) atoms. The van der Waals surface area contributed by atoms with E-state index < -0.39 is 0 Å². The quantitative estimate of drug-likeness (QED) is 0.698. The molecule has 1 heterocycles. The number of halogens is 2. The first-order valence-corrected chi connectivity index (χ1v) is 10.5. The molecule has 2 N–H and O–H groups in total. The number of hydrogen-bond acceptors (Lipinski definition) is 3. The highest BCUT2D eigenvalue weighted by molar-refractivity contribution is 6.34. The van der Waals surface area contributed by atoms with Gasteiger partial charge in [0.05, 0.1) is 0 Å². The number of nitrogens with one attached hydrogen (secondary N) is 2. The van der Waals surface area contributed by atoms with Gasteiger partial charge in [-0.15, -0.1) is 0 Å². The molecule has 1 fully saturated rings. The third-order valence-corrected chi connectivity index (χ3v) is 5.86. The van der Waals surface area contributed by atoms with Gasteiger partial charge in [0.15, 0.2) is 0 Å². The lowest BCUT2D eigenvalue weighted by atomic mass is 9.85. The minimum atomic E-state index is 0.104. The number of likely N-dealkylation sites (N-methyl/N-ethyl adjacent to an activating group) is 1. The number of carbonyl (C=O) groups excluding carboxylic acids is 1. The fourth-order valence-corrected chi connectivity index (χ4v) is 4.25. The van der Waals surface area contributed by atoms with Crippen LogP contribution in [0.15, 0.2) is 18.2 Å². The number of rotatable bonds is 7. The molecule has 0 bridgehead atoms. The van der Waals surface area contributed by atoms with Crippen molar-refractivity contribution >= 4 is 29.1 Å². The van der Waals surface area contributed by atoms with Crippen LogP contribution in [0.3, 0.4) is 0 Å². The Labute approximate surface area is 174 Å². The molecule has 1 aromatic carbocycles. The van der Waals surface area contributed by atoms with Crippen molar-refractivity contribution in [3.63, 3.8) is 0 Å². The van der Waals surface area contributed by atoms with E-state index in [1.807, 2.05) is 19.2 Å². The monoisotopic (exact) mass is 413 g/mol. The molecular formula is C21H33Cl2N3O. The van der Waals surface area contributed by atoms with Gasteiger partial charge in [-0.3, -0.25) is 4.79 Å². The Bertz CT molecular complexity index is 602. The molecule has 1 saturated heterocycles. The molecule has 1 atom stereocenters. The predicted octanol–water partition coefficient (Wildman–Crippen LogP) is 4.35. The average molecular weight is 414 g/mol. The molecule has 1 aromatic rings. The molecule has 2 rings (SSSR count). The highest BCUT2D eigenvalue weighted by Gasteiger charge is 2.28. The van der Waals surface area contributed by atoms with Gasteiger partial charge in [0.25, 0.3) is 0 Å². The van der Waals surface area contributed by atoms with Crippen molar-refractivity contribution in [2.75, 3.05) is 26.7 Å². The zero-order valence-electron chi connectivity index (χ0n) is 16.9. The Morgan fingerprint density at radius 1 is 1.19 bits per heavy atom. The Morgan fingerprint density at radius 2 is 1.78 bits per heavy atom. The second-order valence-electron chi connectivity index (χ2n) is 8.71. The summed E-state index contributed by atoms with van der Waals surface area (Å²) in [5, 5.41) is 7.63. The number of nitrogens with zero attached hydrogens (tertiary/aromatic N) is 1. The third-order valence-electron chi connectivity index (χ3n) is 5.43. The number of benzene rings is 1. The van der Waals surface area contributed by atoms with Crippen LogP contribution in [0.1, 0.15) is 45.6 Å². The van der Waals surface area contributed by atoms with Crippen molar-refractivity contribution in [2.24, 2.45) is 11.3 Å². The SMILES string of the molecule is CNC(CN1CCC(CC(=O)NCc2cc(Cl)cc(Cl)c2)CC1)C(C)(C)C. The van der Waals surface area contributed by atoms with Gasteiger partial charge in [-0.25, -0.2) is 0 Å². The van der Waals surface area contributed by atoms with Crippen LogP contribution in [0.25, 0.3) is 0 Å². The van der Waals surface area contributed by atoms with Crippen molar-refractivity contribution < 1.29 is 4.79 Å². The molecule has 1 amide bonds. The molecule has 152 valence electrons. The lowest BCUT2D eigenvalue weighted by Crippen LogP contribution is -2.49. The second-order valence-corrected chi connectivity index (χ2v) is 9.58. The lowest BCUT2D eigenvalue weighted by Gasteiger charge is -2.38. The Balaban J connectivity index is 1.72. The molecule has 1 aliphatic rings. The first kappa shape index (κ1) is 22.5. The van der Waals surface area contributed by atoms with Gasteiger partial charge in [0.2, 0.25) is 5.91 Å². The zero-order valence-corrected chi connectivity index (χ0v) is 18.5. The van der Waals surface area contributed by atoms with E-state index in [-0.39, 0.29) is 11.3 Å². The molecule has 1 unspecified atom stereocenters. The fraction of sp³-hybridized carbons (Fsp3) is 0.667. The minimum absolute atomic E-state index is 0.104. The molecule has 0 radical (unpaired) electrons. The smallest absolute Gasteiger partial charge is 0.220 e. The summed E-state index contributed by atoms with van der Waals surface area (Å²) in [5.41, 5.74) is 1.17. The van der Waals surface area contributed by atoms with E-state index >= 15 is 0 Å². The topological polar surface area (TPSA) is 44.4 Å². The van der Waals surface area contributed by atoms with E-state index in [1.165, 1.54) is 0 Å². The largest absolute Gasteiger partial charge is 0.352 e. The molecule has 1 aliphatic heterocycles. The van der Waals surface area contributed by atoms with E-state index in [4.69, 9.17) is 23.2 Å². The van der Waals surface area contributed by atoms with Crippen molar-refractivity contribution in [3.8, 4) is 0 Å². The van der Waals surface area contributed by atoms with E-state index in [1.54, 1.807) is 6.07 Å². The number of amides is 1. The van der Waals surface area contributed by atoms with Gasteiger partial charge in [0, 0.05) is 35.6 Å². The second kappa shape index (κ2) is 10.1. The van der Waals surface area contributed by atoms with Gasteiger partial charge in [-0.2, -0.15) is 0 Å². The first-order valence-electron chi connectivity index (χ1n) is 9.78. The normalized spacial score (nSPS) is 17.7. The number of piperidine rings is 1. The van der Waals surface area contributed by atoms with Gasteiger partial charge in [-0.1, -0.05) is 44.0 Å². The van der Waals surface area contributed by atoms with Crippen LogP contribution < -0.4 is 10.6 Å². The molecule has 4 nitrogen and oxygen atoms in total.